The Balaban J connectivity index is 1.81. The number of ether oxygens (including phenoxy) is 1. The Morgan fingerprint density at radius 2 is 2.00 bits per heavy atom. The fourth-order valence-electron chi connectivity index (χ4n) is 2.48. The van der Waals surface area contributed by atoms with E-state index in [-0.39, 0.29) is 11.6 Å². The molecule has 0 bridgehead atoms. The van der Waals surface area contributed by atoms with Crippen LogP contribution in [-0.2, 0) is 22.1 Å². The minimum absolute atomic E-state index is 0.0606. The summed E-state index contributed by atoms with van der Waals surface area (Å²) in [6.07, 6.45) is 3.34. The van der Waals surface area contributed by atoms with E-state index in [1.54, 1.807) is 55.3 Å². The molecule has 1 atom stereocenters. The molecule has 138 valence electrons. The van der Waals surface area contributed by atoms with Crippen LogP contribution >= 0.6 is 0 Å². The molecule has 3 rings (SSSR count). The van der Waals surface area contributed by atoms with E-state index in [9.17, 15) is 8.42 Å². The molecule has 1 aromatic carbocycles. The number of aromatic nitrogens is 4. The van der Waals surface area contributed by atoms with Gasteiger partial charge < -0.3 is 13.8 Å². The zero-order chi connectivity index (χ0) is 18.7. The number of sulfone groups is 1. The third kappa shape index (κ3) is 3.62. The monoisotopic (exact) mass is 376 g/mol. The molecule has 2 aromatic heterocycles. The fourth-order valence-corrected chi connectivity index (χ4v) is 3.74. The molecule has 3 aromatic rings. The number of rotatable bonds is 7. The summed E-state index contributed by atoms with van der Waals surface area (Å²) >= 11 is 0. The van der Waals surface area contributed by atoms with Gasteiger partial charge in [-0.05, 0) is 38.1 Å². The Labute approximate surface area is 151 Å². The van der Waals surface area contributed by atoms with Crippen molar-refractivity contribution >= 4 is 9.84 Å². The first-order chi connectivity index (χ1) is 12.4. The molecule has 2 heterocycles. The molecule has 8 nitrogen and oxygen atoms in total. The maximum atomic E-state index is 12.7. The van der Waals surface area contributed by atoms with Gasteiger partial charge in [0.2, 0.25) is 11.7 Å². The first-order valence-electron chi connectivity index (χ1n) is 8.14. The van der Waals surface area contributed by atoms with E-state index < -0.39 is 15.1 Å². The lowest BCUT2D eigenvalue weighted by Gasteiger charge is -2.09. The molecule has 0 N–H and O–H groups in total. The maximum absolute atomic E-state index is 12.7. The number of imidazole rings is 1. The minimum Gasteiger partial charge on any atom is -0.497 e. The van der Waals surface area contributed by atoms with Gasteiger partial charge >= 0.3 is 0 Å². The number of hydrogen-bond acceptors (Lipinski definition) is 7. The average molecular weight is 376 g/mol. The Hall–Kier alpha value is -2.68. The summed E-state index contributed by atoms with van der Waals surface area (Å²) < 4.78 is 37.5. The van der Waals surface area contributed by atoms with E-state index in [1.807, 2.05) is 6.92 Å². The number of hydrogen-bond donors (Lipinski definition) is 0. The smallest absolute Gasteiger partial charge is 0.245 e. The highest BCUT2D eigenvalue weighted by atomic mass is 32.2. The first kappa shape index (κ1) is 18.1. The van der Waals surface area contributed by atoms with Crippen molar-refractivity contribution in [3.63, 3.8) is 0 Å². The summed E-state index contributed by atoms with van der Waals surface area (Å²) in [6.45, 7) is 4.13. The molecule has 0 amide bonds. The molecule has 0 fully saturated rings. The van der Waals surface area contributed by atoms with Gasteiger partial charge in [0.1, 0.15) is 22.6 Å². The minimum atomic E-state index is -3.55. The zero-order valence-corrected chi connectivity index (χ0v) is 15.6. The molecule has 0 saturated carbocycles. The van der Waals surface area contributed by atoms with Gasteiger partial charge in [0.15, 0.2) is 9.84 Å². The van der Waals surface area contributed by atoms with Gasteiger partial charge in [0.25, 0.3) is 0 Å². The van der Waals surface area contributed by atoms with Crippen LogP contribution in [0, 0.1) is 0 Å². The molecular weight excluding hydrogens is 356 g/mol. The zero-order valence-electron chi connectivity index (χ0n) is 14.8. The standard InChI is InChI=1S/C17H20N4O4S/c1-4-21-10-9-18-15(21)11-26(22,23)12(2)17-19-16(20-25-17)13-5-7-14(24-3)8-6-13/h5-10,12H,4,11H2,1-3H3. The van der Waals surface area contributed by atoms with Gasteiger partial charge in [-0.25, -0.2) is 13.4 Å². The van der Waals surface area contributed by atoms with Crippen LogP contribution in [0.1, 0.15) is 30.8 Å². The fraction of sp³-hybridized carbons (Fsp3) is 0.353. The van der Waals surface area contributed by atoms with Gasteiger partial charge in [0.05, 0.1) is 7.11 Å². The van der Waals surface area contributed by atoms with Crippen molar-refractivity contribution in [3.05, 3.63) is 48.4 Å². The molecule has 9 heteroatoms. The second-order valence-electron chi connectivity index (χ2n) is 5.76. The van der Waals surface area contributed by atoms with Crippen LogP contribution in [0.3, 0.4) is 0 Å². The van der Waals surface area contributed by atoms with Crippen LogP contribution < -0.4 is 4.74 Å². The van der Waals surface area contributed by atoms with Crippen molar-refractivity contribution in [2.75, 3.05) is 7.11 Å². The number of methoxy groups -OCH3 is 1. The van der Waals surface area contributed by atoms with Crippen LogP contribution in [0.15, 0.2) is 41.2 Å². The summed E-state index contributed by atoms with van der Waals surface area (Å²) in [5.74, 6) is 1.41. The van der Waals surface area contributed by atoms with Gasteiger partial charge in [-0.2, -0.15) is 4.98 Å². The van der Waals surface area contributed by atoms with Crippen LogP contribution in [0.5, 0.6) is 5.75 Å². The lowest BCUT2D eigenvalue weighted by atomic mass is 10.2. The third-order valence-electron chi connectivity index (χ3n) is 4.15. The Kier molecular flexibility index (Phi) is 5.08. The molecule has 0 spiro atoms. The lowest BCUT2D eigenvalue weighted by Crippen LogP contribution is -2.16. The van der Waals surface area contributed by atoms with Gasteiger partial charge in [-0.1, -0.05) is 5.16 Å². The van der Waals surface area contributed by atoms with Crippen molar-refractivity contribution in [2.24, 2.45) is 0 Å². The van der Waals surface area contributed by atoms with Crippen molar-refractivity contribution in [1.29, 1.82) is 0 Å². The van der Waals surface area contributed by atoms with Gasteiger partial charge in [-0.15, -0.1) is 0 Å². The third-order valence-corrected chi connectivity index (χ3v) is 6.09. The first-order valence-corrected chi connectivity index (χ1v) is 9.85. The van der Waals surface area contributed by atoms with Crippen molar-refractivity contribution in [2.45, 2.75) is 31.4 Å². The Morgan fingerprint density at radius 3 is 2.65 bits per heavy atom. The molecule has 0 aliphatic rings. The molecule has 0 aliphatic heterocycles. The van der Waals surface area contributed by atoms with E-state index in [1.165, 1.54) is 0 Å². The van der Waals surface area contributed by atoms with Gasteiger partial charge in [-0.3, -0.25) is 0 Å². The second-order valence-corrected chi connectivity index (χ2v) is 8.09. The largest absolute Gasteiger partial charge is 0.497 e. The molecule has 0 radical (unpaired) electrons. The van der Waals surface area contributed by atoms with Crippen LogP contribution in [0.2, 0.25) is 0 Å². The van der Waals surface area contributed by atoms with E-state index in [2.05, 4.69) is 15.1 Å². The van der Waals surface area contributed by atoms with E-state index >= 15 is 0 Å². The molecule has 0 saturated heterocycles. The molecule has 1 unspecified atom stereocenters. The van der Waals surface area contributed by atoms with Crippen molar-refractivity contribution in [3.8, 4) is 17.1 Å². The molecule has 26 heavy (non-hydrogen) atoms. The normalized spacial score (nSPS) is 12.9. The van der Waals surface area contributed by atoms with Crippen LogP contribution in [0.25, 0.3) is 11.4 Å². The lowest BCUT2D eigenvalue weighted by molar-refractivity contribution is 0.376. The summed E-state index contributed by atoms with van der Waals surface area (Å²) in [7, 11) is -1.97. The van der Waals surface area contributed by atoms with Crippen LogP contribution in [-0.4, -0.2) is 35.2 Å². The van der Waals surface area contributed by atoms with E-state index in [0.717, 1.165) is 0 Å². The Morgan fingerprint density at radius 1 is 1.27 bits per heavy atom. The number of aryl methyl sites for hydroxylation is 1. The predicted octanol–water partition coefficient (Wildman–Crippen LogP) is 2.64. The summed E-state index contributed by atoms with van der Waals surface area (Å²) in [6, 6.07) is 7.11. The van der Waals surface area contributed by atoms with E-state index in [0.29, 0.717) is 29.5 Å². The van der Waals surface area contributed by atoms with Crippen molar-refractivity contribution in [1.82, 2.24) is 19.7 Å². The summed E-state index contributed by atoms with van der Waals surface area (Å²) in [4.78, 5) is 8.37. The topological polar surface area (TPSA) is 100 Å². The number of nitrogens with zero attached hydrogens (tertiary/aromatic N) is 4. The molecular formula is C17H20N4O4S. The van der Waals surface area contributed by atoms with E-state index in [4.69, 9.17) is 9.26 Å². The highest BCUT2D eigenvalue weighted by Gasteiger charge is 2.30. The highest BCUT2D eigenvalue weighted by molar-refractivity contribution is 7.90. The predicted molar refractivity (Wildman–Crippen MR) is 95.2 cm³/mol. The van der Waals surface area contributed by atoms with Gasteiger partial charge in [0, 0.05) is 24.5 Å². The average Bonchev–Trinajstić information content (AvgIpc) is 3.30. The van der Waals surface area contributed by atoms with Crippen molar-refractivity contribution < 1.29 is 17.7 Å². The van der Waals surface area contributed by atoms with Crippen LogP contribution in [0.4, 0.5) is 0 Å². The maximum Gasteiger partial charge on any atom is 0.245 e. The second kappa shape index (κ2) is 7.28. The SMILES string of the molecule is CCn1ccnc1CS(=O)(=O)C(C)c1nc(-c2ccc(OC)cc2)no1. The number of benzene rings is 1. The quantitative estimate of drug-likeness (QED) is 0.625. The summed E-state index contributed by atoms with van der Waals surface area (Å²) in [5, 5.41) is 2.97. The highest BCUT2D eigenvalue weighted by Crippen LogP contribution is 2.26. The Bertz CT molecular complexity index is 976. The summed E-state index contributed by atoms with van der Waals surface area (Å²) in [5.41, 5.74) is 0.715. The molecule has 0 aliphatic carbocycles.